The first-order valence-electron chi connectivity index (χ1n) is 9.68. The highest BCUT2D eigenvalue weighted by molar-refractivity contribution is 5.98. The maximum Gasteiger partial charge on any atom is 0.416 e. The van der Waals surface area contributed by atoms with Gasteiger partial charge in [0.1, 0.15) is 5.60 Å². The molecule has 8 heteroatoms. The van der Waals surface area contributed by atoms with Gasteiger partial charge in [-0.25, -0.2) is 4.79 Å². The molecule has 2 atom stereocenters. The topological polar surface area (TPSA) is 55.8 Å². The molecule has 2 fully saturated rings. The molecule has 160 valence electrons. The van der Waals surface area contributed by atoms with Crippen molar-refractivity contribution in [3.05, 3.63) is 34.9 Å². The largest absolute Gasteiger partial charge is 0.444 e. The van der Waals surface area contributed by atoms with Gasteiger partial charge in [-0.1, -0.05) is 6.07 Å². The Morgan fingerprint density at radius 3 is 2.17 bits per heavy atom. The molecule has 2 heterocycles. The highest BCUT2D eigenvalue weighted by Gasteiger charge is 2.45. The lowest BCUT2D eigenvalue weighted by Gasteiger charge is -2.47. The van der Waals surface area contributed by atoms with Crippen molar-refractivity contribution in [2.45, 2.75) is 64.4 Å². The number of halogens is 3. The fourth-order valence-corrected chi connectivity index (χ4v) is 4.11. The maximum absolute atomic E-state index is 13.0. The van der Waals surface area contributed by atoms with E-state index in [9.17, 15) is 22.8 Å². The average Bonchev–Trinajstić information content (AvgIpc) is 2.57. The number of hydrogen-bond donors (Lipinski definition) is 0. The minimum absolute atomic E-state index is 0.0260. The van der Waals surface area contributed by atoms with Crippen molar-refractivity contribution < 1.29 is 32.2 Å². The smallest absolute Gasteiger partial charge is 0.416 e. The number of benzene rings is 1. The molecule has 3 rings (SSSR count). The first-order chi connectivity index (χ1) is 13.4. The second-order valence-corrected chi connectivity index (χ2v) is 8.79. The minimum Gasteiger partial charge on any atom is -0.444 e. The molecule has 0 N–H and O–H groups in total. The van der Waals surface area contributed by atoms with Crippen molar-refractivity contribution in [3.63, 3.8) is 0 Å². The van der Waals surface area contributed by atoms with Gasteiger partial charge in [-0.2, -0.15) is 13.2 Å². The van der Waals surface area contributed by atoms with Crippen LogP contribution in [0.2, 0.25) is 0 Å². The Hall–Kier alpha value is -2.09. The van der Waals surface area contributed by atoms with Crippen LogP contribution in [0.5, 0.6) is 0 Å². The van der Waals surface area contributed by atoms with E-state index in [1.165, 1.54) is 19.1 Å². The number of rotatable bonds is 2. The zero-order chi connectivity index (χ0) is 21.6. The highest BCUT2D eigenvalue weighted by atomic mass is 19.4. The summed E-state index contributed by atoms with van der Waals surface area (Å²) in [5, 5.41) is 0. The molecule has 2 saturated heterocycles. The van der Waals surface area contributed by atoms with Crippen LogP contribution in [0.1, 0.15) is 55.1 Å². The summed E-state index contributed by atoms with van der Waals surface area (Å²) in [6.45, 7) is 7.35. The Kier molecular flexibility index (Phi) is 5.69. The van der Waals surface area contributed by atoms with E-state index in [1.807, 2.05) is 0 Å². The van der Waals surface area contributed by atoms with E-state index in [4.69, 9.17) is 9.47 Å². The van der Waals surface area contributed by atoms with E-state index in [1.54, 1.807) is 25.7 Å². The monoisotopic (exact) mass is 413 g/mol. The number of fused-ring (bicyclic) bond motifs is 2. The number of morpholine rings is 1. The summed E-state index contributed by atoms with van der Waals surface area (Å²) in [7, 11) is 0. The predicted molar refractivity (Wildman–Crippen MR) is 99.7 cm³/mol. The number of hydrogen-bond acceptors (Lipinski definition) is 4. The van der Waals surface area contributed by atoms with Gasteiger partial charge in [0.25, 0.3) is 0 Å². The number of Topliss-reactive ketones (excluding diaryl/α,β-unsaturated/α-hetero) is 1. The van der Waals surface area contributed by atoms with E-state index < -0.39 is 23.4 Å². The molecule has 0 aliphatic carbocycles. The summed E-state index contributed by atoms with van der Waals surface area (Å²) in [4.78, 5) is 27.3. The lowest BCUT2D eigenvalue weighted by atomic mass is 9.80. The molecule has 0 aromatic heterocycles. The Balaban J connectivity index is 1.76. The average molecular weight is 413 g/mol. The molecular weight excluding hydrogens is 387 g/mol. The molecule has 1 aromatic carbocycles. The van der Waals surface area contributed by atoms with Crippen LogP contribution in [0.3, 0.4) is 0 Å². The third kappa shape index (κ3) is 4.74. The number of ether oxygens (including phenoxy) is 2. The molecule has 1 aromatic rings. The van der Waals surface area contributed by atoms with Crippen molar-refractivity contribution in [3.8, 4) is 0 Å². The van der Waals surface area contributed by atoms with Gasteiger partial charge in [-0.05, 0) is 58.2 Å². The van der Waals surface area contributed by atoms with Crippen molar-refractivity contribution in [1.29, 1.82) is 0 Å². The molecule has 2 aliphatic heterocycles. The van der Waals surface area contributed by atoms with Crippen LogP contribution >= 0.6 is 0 Å². The molecule has 0 radical (unpaired) electrons. The third-order valence-corrected chi connectivity index (χ3v) is 5.31. The number of carbonyl (C=O) groups excluding carboxylic acids is 2. The van der Waals surface area contributed by atoms with E-state index in [2.05, 4.69) is 0 Å². The van der Waals surface area contributed by atoms with Gasteiger partial charge in [0, 0.05) is 11.5 Å². The van der Waals surface area contributed by atoms with Crippen molar-refractivity contribution >= 4 is 11.9 Å². The van der Waals surface area contributed by atoms with Gasteiger partial charge in [0.15, 0.2) is 5.78 Å². The lowest BCUT2D eigenvalue weighted by molar-refractivity contribution is -0.138. The van der Waals surface area contributed by atoms with Crippen molar-refractivity contribution in [1.82, 2.24) is 4.90 Å². The van der Waals surface area contributed by atoms with Crippen LogP contribution in [0.4, 0.5) is 18.0 Å². The second kappa shape index (κ2) is 7.63. The molecular formula is C21H26F3NO4. The Morgan fingerprint density at radius 2 is 1.69 bits per heavy atom. The summed E-state index contributed by atoms with van der Waals surface area (Å²) >= 11 is 0. The van der Waals surface area contributed by atoms with Crippen LogP contribution in [-0.2, 0) is 15.7 Å². The van der Waals surface area contributed by atoms with Crippen LogP contribution in [0.15, 0.2) is 18.2 Å². The van der Waals surface area contributed by atoms with E-state index >= 15 is 0 Å². The zero-order valence-corrected chi connectivity index (χ0v) is 17.0. The van der Waals surface area contributed by atoms with Gasteiger partial charge in [-0.15, -0.1) is 0 Å². The fraction of sp³-hybridized carbons (Fsp3) is 0.619. The molecule has 2 unspecified atom stereocenters. The number of nitrogens with zero attached hydrogens (tertiary/aromatic N) is 1. The Morgan fingerprint density at radius 1 is 1.10 bits per heavy atom. The predicted octanol–water partition coefficient (Wildman–Crippen LogP) is 4.61. The van der Waals surface area contributed by atoms with Crippen molar-refractivity contribution in [2.24, 2.45) is 5.92 Å². The highest BCUT2D eigenvalue weighted by Crippen LogP contribution is 2.36. The Bertz CT molecular complexity index is 786. The van der Waals surface area contributed by atoms with Gasteiger partial charge >= 0.3 is 12.3 Å². The molecule has 29 heavy (non-hydrogen) atoms. The summed E-state index contributed by atoms with van der Waals surface area (Å²) in [5.41, 5.74) is -1.07. The molecule has 5 nitrogen and oxygen atoms in total. The van der Waals surface area contributed by atoms with Crippen molar-refractivity contribution in [2.75, 3.05) is 13.2 Å². The molecule has 2 bridgehead atoms. The number of piperidine rings is 1. The van der Waals surface area contributed by atoms with Gasteiger partial charge < -0.3 is 9.47 Å². The second-order valence-electron chi connectivity index (χ2n) is 8.79. The summed E-state index contributed by atoms with van der Waals surface area (Å²) in [6.07, 6.45) is -4.07. The van der Waals surface area contributed by atoms with Crippen LogP contribution < -0.4 is 0 Å². The first-order valence-corrected chi connectivity index (χ1v) is 9.68. The number of ketones is 1. The molecule has 0 saturated carbocycles. The molecule has 2 aliphatic rings. The van der Waals surface area contributed by atoms with Crippen LogP contribution in [0.25, 0.3) is 0 Å². The minimum atomic E-state index is -4.45. The molecule has 0 spiro atoms. The quantitative estimate of drug-likeness (QED) is 0.665. The van der Waals surface area contributed by atoms with Gasteiger partial charge in [0.05, 0.1) is 30.9 Å². The summed E-state index contributed by atoms with van der Waals surface area (Å²) < 4.78 is 50.0. The number of alkyl halides is 3. The van der Waals surface area contributed by atoms with Gasteiger partial charge in [0.2, 0.25) is 0 Å². The normalized spacial score (nSPS) is 24.9. The number of aryl methyl sites for hydroxylation is 1. The SMILES string of the molecule is Cc1cc(C(=O)C2CC3COCC(C2)N3C(=O)OC(C)(C)C)ccc1C(F)(F)F. The number of amides is 1. The Labute approximate surface area is 168 Å². The fourth-order valence-electron chi connectivity index (χ4n) is 4.11. The molecule has 1 amide bonds. The van der Waals surface area contributed by atoms with E-state index in [0.717, 1.165) is 6.07 Å². The van der Waals surface area contributed by atoms with Gasteiger partial charge in [-0.3, -0.25) is 9.69 Å². The number of carbonyl (C=O) groups is 2. The zero-order valence-electron chi connectivity index (χ0n) is 17.0. The third-order valence-electron chi connectivity index (χ3n) is 5.31. The standard InChI is InChI=1S/C21H26F3NO4/c1-12-7-13(5-6-17(12)21(22,23)24)18(26)14-8-15-10-28-11-16(9-14)25(15)19(27)29-20(2,3)4/h5-7,14-16H,8-11H2,1-4H3. The van der Waals surface area contributed by atoms with Crippen LogP contribution in [-0.4, -0.2) is 47.7 Å². The van der Waals surface area contributed by atoms with E-state index in [-0.39, 0.29) is 34.9 Å². The van der Waals surface area contributed by atoms with E-state index in [0.29, 0.717) is 26.1 Å². The van der Waals surface area contributed by atoms with Crippen LogP contribution in [0, 0.1) is 12.8 Å². The summed E-state index contributed by atoms with van der Waals surface area (Å²) in [6, 6.07) is 2.92. The maximum atomic E-state index is 13.0. The lowest BCUT2D eigenvalue weighted by Crippen LogP contribution is -2.60. The summed E-state index contributed by atoms with van der Waals surface area (Å²) in [5.74, 6) is -0.564. The first kappa shape index (κ1) is 21.6.